The summed E-state index contributed by atoms with van der Waals surface area (Å²) >= 11 is 6.12. The van der Waals surface area contributed by atoms with Gasteiger partial charge in [-0.3, -0.25) is 9.59 Å². The zero-order valence-corrected chi connectivity index (χ0v) is 16.7. The molecule has 0 aromatic heterocycles. The molecule has 7 nitrogen and oxygen atoms in total. The summed E-state index contributed by atoms with van der Waals surface area (Å²) in [6.07, 6.45) is 0. The molecule has 31 heavy (non-hydrogen) atoms. The first-order chi connectivity index (χ1) is 14.9. The van der Waals surface area contributed by atoms with Gasteiger partial charge in [0.15, 0.2) is 0 Å². The number of halogens is 1. The SMILES string of the molecule is O=C(O)c1cccc(NC2=C(Cl)C(=O)N(c3ccc(Oc4ccccc4)cc3)C2=O)c1. The zero-order valence-electron chi connectivity index (χ0n) is 15.9. The second-order valence-corrected chi connectivity index (χ2v) is 6.93. The number of hydrogen-bond donors (Lipinski definition) is 2. The number of carboxylic acids is 1. The van der Waals surface area contributed by atoms with Crippen LogP contribution >= 0.6 is 11.6 Å². The Kier molecular flexibility index (Phi) is 5.43. The highest BCUT2D eigenvalue weighted by Gasteiger charge is 2.39. The van der Waals surface area contributed by atoms with Crippen molar-refractivity contribution >= 4 is 40.8 Å². The van der Waals surface area contributed by atoms with Crippen molar-refractivity contribution in [1.82, 2.24) is 0 Å². The molecule has 0 saturated heterocycles. The van der Waals surface area contributed by atoms with Gasteiger partial charge in [-0.2, -0.15) is 0 Å². The standard InChI is InChI=1S/C23H15ClN2O5/c24-19-20(25-15-6-4-5-14(13-15)23(29)30)22(28)26(21(19)27)16-9-11-18(12-10-16)31-17-7-2-1-3-8-17/h1-13,25H,(H,29,30). The Balaban J connectivity index is 1.53. The van der Waals surface area contributed by atoms with Gasteiger partial charge in [0, 0.05) is 5.69 Å². The zero-order chi connectivity index (χ0) is 22.0. The fraction of sp³-hybridized carbons (Fsp3) is 0. The number of nitrogens with one attached hydrogen (secondary N) is 1. The number of carbonyl (C=O) groups is 3. The molecule has 154 valence electrons. The van der Waals surface area contributed by atoms with Gasteiger partial charge in [-0.1, -0.05) is 35.9 Å². The monoisotopic (exact) mass is 434 g/mol. The smallest absolute Gasteiger partial charge is 0.335 e. The highest BCUT2D eigenvalue weighted by atomic mass is 35.5. The van der Waals surface area contributed by atoms with Gasteiger partial charge in [0.05, 0.1) is 11.3 Å². The van der Waals surface area contributed by atoms with Gasteiger partial charge in [0.25, 0.3) is 11.8 Å². The van der Waals surface area contributed by atoms with Crippen LogP contribution in [0.3, 0.4) is 0 Å². The maximum Gasteiger partial charge on any atom is 0.335 e. The van der Waals surface area contributed by atoms with Crippen molar-refractivity contribution in [1.29, 1.82) is 0 Å². The Morgan fingerprint density at radius 2 is 1.55 bits per heavy atom. The van der Waals surface area contributed by atoms with Crippen LogP contribution in [0.25, 0.3) is 0 Å². The van der Waals surface area contributed by atoms with E-state index in [1.165, 1.54) is 18.2 Å². The summed E-state index contributed by atoms with van der Waals surface area (Å²) in [6.45, 7) is 0. The molecule has 3 aromatic carbocycles. The number of anilines is 2. The molecule has 0 bridgehead atoms. The van der Waals surface area contributed by atoms with Gasteiger partial charge in [-0.05, 0) is 54.6 Å². The minimum absolute atomic E-state index is 0.0318. The number of amides is 2. The Hall–Kier alpha value is -4.10. The van der Waals surface area contributed by atoms with Crippen molar-refractivity contribution in [3.8, 4) is 11.5 Å². The first-order valence-corrected chi connectivity index (χ1v) is 9.54. The van der Waals surface area contributed by atoms with E-state index in [0.29, 0.717) is 22.9 Å². The molecular formula is C23H15ClN2O5. The Morgan fingerprint density at radius 1 is 0.871 bits per heavy atom. The number of para-hydroxylation sites is 1. The normalized spacial score (nSPS) is 13.5. The summed E-state index contributed by atoms with van der Waals surface area (Å²) in [5.74, 6) is -1.25. The number of hydrogen-bond acceptors (Lipinski definition) is 5. The average Bonchev–Trinajstić information content (AvgIpc) is 2.98. The number of rotatable bonds is 6. The van der Waals surface area contributed by atoms with Gasteiger partial charge < -0.3 is 15.2 Å². The number of ether oxygens (including phenoxy) is 1. The number of carbonyl (C=O) groups excluding carboxylic acids is 2. The molecule has 0 fully saturated rings. The van der Waals surface area contributed by atoms with Gasteiger partial charge >= 0.3 is 5.97 Å². The second kappa shape index (κ2) is 8.33. The van der Waals surface area contributed by atoms with Crippen molar-refractivity contribution in [3.05, 3.63) is 95.2 Å². The molecule has 1 aliphatic heterocycles. The third kappa shape index (κ3) is 4.12. The minimum atomic E-state index is -1.11. The fourth-order valence-electron chi connectivity index (χ4n) is 3.01. The summed E-state index contributed by atoms with van der Waals surface area (Å²) in [5.41, 5.74) is 0.551. The molecule has 2 N–H and O–H groups in total. The Morgan fingerprint density at radius 3 is 2.23 bits per heavy atom. The molecule has 0 aliphatic carbocycles. The molecular weight excluding hydrogens is 420 g/mol. The van der Waals surface area contributed by atoms with E-state index < -0.39 is 17.8 Å². The van der Waals surface area contributed by atoms with Crippen LogP contribution in [0.4, 0.5) is 11.4 Å². The van der Waals surface area contributed by atoms with Gasteiger partial charge in [-0.15, -0.1) is 0 Å². The molecule has 1 heterocycles. The van der Waals surface area contributed by atoms with E-state index in [9.17, 15) is 14.4 Å². The summed E-state index contributed by atoms with van der Waals surface area (Å²) < 4.78 is 5.72. The molecule has 1 aliphatic rings. The maximum absolute atomic E-state index is 12.9. The summed E-state index contributed by atoms with van der Waals surface area (Å²) in [7, 11) is 0. The molecule has 0 radical (unpaired) electrons. The van der Waals surface area contributed by atoms with Gasteiger partial charge in [-0.25, -0.2) is 9.69 Å². The molecule has 4 rings (SSSR count). The van der Waals surface area contributed by atoms with Crippen molar-refractivity contribution < 1.29 is 24.2 Å². The van der Waals surface area contributed by atoms with Crippen molar-refractivity contribution in [2.75, 3.05) is 10.2 Å². The third-order valence-electron chi connectivity index (χ3n) is 4.48. The van der Waals surface area contributed by atoms with Crippen LogP contribution < -0.4 is 15.0 Å². The molecule has 2 amide bonds. The fourth-order valence-corrected chi connectivity index (χ4v) is 3.22. The highest BCUT2D eigenvalue weighted by Crippen LogP contribution is 2.32. The predicted molar refractivity (Wildman–Crippen MR) is 115 cm³/mol. The van der Waals surface area contributed by atoms with Crippen molar-refractivity contribution in [2.24, 2.45) is 0 Å². The Bertz CT molecular complexity index is 1210. The van der Waals surface area contributed by atoms with Crippen LogP contribution in [0.2, 0.25) is 0 Å². The largest absolute Gasteiger partial charge is 0.478 e. The number of nitrogens with zero attached hydrogens (tertiary/aromatic N) is 1. The summed E-state index contributed by atoms with van der Waals surface area (Å²) in [5, 5.41) is 11.6. The molecule has 0 saturated carbocycles. The lowest BCUT2D eigenvalue weighted by Crippen LogP contribution is -2.32. The first kappa shape index (κ1) is 20.2. The summed E-state index contributed by atoms with van der Waals surface area (Å²) in [6, 6.07) is 21.5. The lowest BCUT2D eigenvalue weighted by Gasteiger charge is -2.16. The molecule has 3 aromatic rings. The van der Waals surface area contributed by atoms with E-state index in [1.54, 1.807) is 30.3 Å². The van der Waals surface area contributed by atoms with Crippen LogP contribution in [-0.2, 0) is 9.59 Å². The Labute approximate surface area is 182 Å². The van der Waals surface area contributed by atoms with Crippen molar-refractivity contribution in [3.63, 3.8) is 0 Å². The lowest BCUT2D eigenvalue weighted by molar-refractivity contribution is -0.120. The lowest BCUT2D eigenvalue weighted by atomic mass is 10.2. The third-order valence-corrected chi connectivity index (χ3v) is 4.83. The van der Waals surface area contributed by atoms with E-state index in [0.717, 1.165) is 4.90 Å². The average molecular weight is 435 g/mol. The molecule has 8 heteroatoms. The molecule has 0 atom stereocenters. The van der Waals surface area contributed by atoms with Gasteiger partial charge in [0.1, 0.15) is 22.2 Å². The van der Waals surface area contributed by atoms with E-state index in [-0.39, 0.29) is 16.3 Å². The van der Waals surface area contributed by atoms with Crippen LogP contribution in [0, 0.1) is 0 Å². The van der Waals surface area contributed by atoms with E-state index in [4.69, 9.17) is 21.4 Å². The summed E-state index contributed by atoms with van der Waals surface area (Å²) in [4.78, 5) is 37.6. The van der Waals surface area contributed by atoms with Crippen molar-refractivity contribution in [2.45, 2.75) is 0 Å². The van der Waals surface area contributed by atoms with Crippen LogP contribution in [0.15, 0.2) is 89.6 Å². The quantitative estimate of drug-likeness (QED) is 0.550. The highest BCUT2D eigenvalue weighted by molar-refractivity contribution is 6.53. The topological polar surface area (TPSA) is 95.9 Å². The number of imide groups is 1. The number of benzene rings is 3. The number of aromatic carboxylic acids is 1. The second-order valence-electron chi connectivity index (χ2n) is 6.55. The van der Waals surface area contributed by atoms with Crippen LogP contribution in [-0.4, -0.2) is 22.9 Å². The van der Waals surface area contributed by atoms with Crippen LogP contribution in [0.5, 0.6) is 11.5 Å². The van der Waals surface area contributed by atoms with E-state index >= 15 is 0 Å². The predicted octanol–water partition coefficient (Wildman–Crippen LogP) is 4.61. The van der Waals surface area contributed by atoms with E-state index in [2.05, 4.69) is 5.32 Å². The maximum atomic E-state index is 12.9. The van der Waals surface area contributed by atoms with E-state index in [1.807, 2.05) is 30.3 Å². The number of carboxylic acid groups (broad SMARTS) is 1. The molecule has 0 unspecified atom stereocenters. The molecule has 0 spiro atoms. The van der Waals surface area contributed by atoms with Crippen LogP contribution in [0.1, 0.15) is 10.4 Å². The first-order valence-electron chi connectivity index (χ1n) is 9.16. The minimum Gasteiger partial charge on any atom is -0.478 e. The van der Waals surface area contributed by atoms with Gasteiger partial charge in [0.2, 0.25) is 0 Å².